The Balaban J connectivity index is 2.18. The van der Waals surface area contributed by atoms with Crippen LogP contribution in [-0.2, 0) is 6.54 Å². The summed E-state index contributed by atoms with van der Waals surface area (Å²) in [4.78, 5) is 11.5. The number of guanidine groups is 1. The number of hydrogen-bond donors (Lipinski definition) is 1. The van der Waals surface area contributed by atoms with E-state index in [0.29, 0.717) is 6.54 Å². The fraction of sp³-hybridized carbons (Fsp3) is 0.444. The van der Waals surface area contributed by atoms with E-state index in [4.69, 9.17) is 4.99 Å². The number of aromatic nitrogens is 1. The van der Waals surface area contributed by atoms with E-state index in [9.17, 15) is 0 Å². The lowest BCUT2D eigenvalue weighted by Gasteiger charge is -2.21. The Morgan fingerprint density at radius 2 is 2.05 bits per heavy atom. The van der Waals surface area contributed by atoms with Gasteiger partial charge in [-0.3, -0.25) is 4.98 Å². The van der Waals surface area contributed by atoms with Gasteiger partial charge in [-0.25, -0.2) is 4.99 Å². The molecule has 1 heterocycles. The minimum atomic E-state index is 0.646. The molecule has 0 atom stereocenters. The van der Waals surface area contributed by atoms with E-state index in [1.165, 1.54) is 18.2 Å². The summed E-state index contributed by atoms with van der Waals surface area (Å²) >= 11 is 0. The van der Waals surface area contributed by atoms with Crippen LogP contribution in [0.4, 0.5) is 0 Å². The lowest BCUT2D eigenvalue weighted by atomic mass is 10.1. The zero-order valence-corrected chi connectivity index (χ0v) is 13.8. The first-order chi connectivity index (χ1) is 10.8. The Labute approximate surface area is 133 Å². The van der Waals surface area contributed by atoms with Crippen molar-refractivity contribution in [2.24, 2.45) is 4.99 Å². The highest BCUT2D eigenvalue weighted by molar-refractivity contribution is 5.83. The predicted molar refractivity (Wildman–Crippen MR) is 94.1 cm³/mol. The van der Waals surface area contributed by atoms with Gasteiger partial charge in [-0.15, -0.1) is 0 Å². The van der Waals surface area contributed by atoms with Crippen LogP contribution in [0.15, 0.2) is 41.5 Å². The minimum Gasteiger partial charge on any atom is -0.357 e. The van der Waals surface area contributed by atoms with Crippen LogP contribution in [-0.4, -0.2) is 36.0 Å². The molecular weight excluding hydrogens is 272 g/mol. The molecule has 1 N–H and O–H groups in total. The molecule has 0 radical (unpaired) electrons. The highest BCUT2D eigenvalue weighted by Gasteiger charge is 2.06. The Morgan fingerprint density at radius 1 is 1.23 bits per heavy atom. The van der Waals surface area contributed by atoms with Crippen LogP contribution < -0.4 is 5.32 Å². The zero-order chi connectivity index (χ0) is 15.8. The van der Waals surface area contributed by atoms with Crippen LogP contribution in [0.25, 0.3) is 10.9 Å². The van der Waals surface area contributed by atoms with Gasteiger partial charge in [-0.1, -0.05) is 37.6 Å². The Bertz CT molecular complexity index is 616. The molecule has 4 heteroatoms. The maximum absolute atomic E-state index is 4.78. The molecule has 0 amide bonds. The van der Waals surface area contributed by atoms with E-state index >= 15 is 0 Å². The fourth-order valence-electron chi connectivity index (χ4n) is 2.43. The maximum atomic E-state index is 4.78. The molecule has 1 aromatic carbocycles. The van der Waals surface area contributed by atoms with Crippen LogP contribution in [0.1, 0.15) is 32.3 Å². The van der Waals surface area contributed by atoms with Crippen LogP contribution in [0.3, 0.4) is 0 Å². The summed E-state index contributed by atoms with van der Waals surface area (Å²) in [5.74, 6) is 0.962. The third kappa shape index (κ3) is 4.20. The van der Waals surface area contributed by atoms with E-state index in [-0.39, 0.29) is 0 Å². The summed E-state index contributed by atoms with van der Waals surface area (Å²) in [7, 11) is 2.10. The van der Waals surface area contributed by atoms with Crippen LogP contribution >= 0.6 is 0 Å². The number of unbranched alkanes of at least 4 members (excludes halogenated alkanes) is 1. The van der Waals surface area contributed by atoms with Crippen molar-refractivity contribution in [1.29, 1.82) is 0 Å². The molecule has 2 aromatic rings. The second-order valence-corrected chi connectivity index (χ2v) is 5.44. The van der Waals surface area contributed by atoms with E-state index in [1.54, 1.807) is 0 Å². The van der Waals surface area contributed by atoms with Gasteiger partial charge >= 0.3 is 0 Å². The maximum Gasteiger partial charge on any atom is 0.193 e. The molecule has 0 aliphatic heterocycles. The monoisotopic (exact) mass is 298 g/mol. The van der Waals surface area contributed by atoms with Gasteiger partial charge in [0, 0.05) is 31.7 Å². The van der Waals surface area contributed by atoms with Crippen molar-refractivity contribution in [2.45, 2.75) is 33.2 Å². The molecule has 0 bridgehead atoms. The van der Waals surface area contributed by atoms with Crippen molar-refractivity contribution >= 4 is 16.9 Å². The molecule has 0 aliphatic rings. The average Bonchev–Trinajstić information content (AvgIpc) is 2.56. The Morgan fingerprint density at radius 3 is 2.82 bits per heavy atom. The number of rotatable bonds is 6. The topological polar surface area (TPSA) is 40.5 Å². The summed E-state index contributed by atoms with van der Waals surface area (Å²) in [6, 6.07) is 10.3. The van der Waals surface area contributed by atoms with Gasteiger partial charge in [-0.05, 0) is 25.0 Å². The number of nitrogens with zero attached hydrogens (tertiary/aromatic N) is 3. The summed E-state index contributed by atoms with van der Waals surface area (Å²) in [5, 5.41) is 4.53. The summed E-state index contributed by atoms with van der Waals surface area (Å²) in [5.41, 5.74) is 2.21. The van der Waals surface area contributed by atoms with Crippen molar-refractivity contribution in [2.75, 3.05) is 20.1 Å². The van der Waals surface area contributed by atoms with Gasteiger partial charge in [0.25, 0.3) is 0 Å². The molecule has 1 aromatic heterocycles. The normalized spacial score (nSPS) is 11.7. The van der Waals surface area contributed by atoms with E-state index < -0.39 is 0 Å². The summed E-state index contributed by atoms with van der Waals surface area (Å²) in [6.45, 7) is 6.86. The number of fused-ring (bicyclic) bond motifs is 1. The van der Waals surface area contributed by atoms with Gasteiger partial charge in [0.05, 0.1) is 12.1 Å². The van der Waals surface area contributed by atoms with Crippen molar-refractivity contribution < 1.29 is 0 Å². The summed E-state index contributed by atoms with van der Waals surface area (Å²) < 4.78 is 0. The highest BCUT2D eigenvalue weighted by atomic mass is 15.3. The number of hydrogen-bond acceptors (Lipinski definition) is 2. The molecular formula is C18H26N4. The smallest absolute Gasteiger partial charge is 0.193 e. The first kappa shape index (κ1) is 16.3. The standard InChI is InChI=1S/C18H26N4/c1-4-6-13-22(3)18(19-5-2)21-14-16-10-7-9-15-11-8-12-20-17(15)16/h7-12H,4-6,13-14H2,1-3H3,(H,19,21). The zero-order valence-electron chi connectivity index (χ0n) is 13.8. The number of nitrogens with one attached hydrogen (secondary N) is 1. The van der Waals surface area contributed by atoms with Gasteiger partial charge in [-0.2, -0.15) is 0 Å². The molecule has 4 nitrogen and oxygen atoms in total. The lowest BCUT2D eigenvalue weighted by molar-refractivity contribution is 0.465. The van der Waals surface area contributed by atoms with Crippen LogP contribution in [0.2, 0.25) is 0 Å². The van der Waals surface area contributed by atoms with E-state index in [2.05, 4.69) is 60.4 Å². The van der Waals surface area contributed by atoms with Crippen LogP contribution in [0, 0.1) is 0 Å². The van der Waals surface area contributed by atoms with Gasteiger partial charge in [0.2, 0.25) is 0 Å². The number of pyridine rings is 1. The lowest BCUT2D eigenvalue weighted by Crippen LogP contribution is -2.39. The first-order valence-corrected chi connectivity index (χ1v) is 8.08. The second kappa shape index (κ2) is 8.37. The molecule has 22 heavy (non-hydrogen) atoms. The molecule has 0 saturated heterocycles. The molecule has 0 aliphatic carbocycles. The molecule has 2 rings (SSSR count). The second-order valence-electron chi connectivity index (χ2n) is 5.44. The van der Waals surface area contributed by atoms with Crippen molar-refractivity contribution in [1.82, 2.24) is 15.2 Å². The molecule has 118 valence electrons. The third-order valence-corrected chi connectivity index (χ3v) is 3.66. The number of benzene rings is 1. The predicted octanol–water partition coefficient (Wildman–Crippen LogP) is 3.43. The highest BCUT2D eigenvalue weighted by Crippen LogP contribution is 2.16. The van der Waals surface area contributed by atoms with Crippen molar-refractivity contribution in [3.05, 3.63) is 42.1 Å². The third-order valence-electron chi connectivity index (χ3n) is 3.66. The largest absolute Gasteiger partial charge is 0.357 e. The number of para-hydroxylation sites is 1. The van der Waals surface area contributed by atoms with E-state index in [0.717, 1.165) is 30.1 Å². The average molecular weight is 298 g/mol. The molecule has 0 unspecified atom stereocenters. The van der Waals surface area contributed by atoms with Crippen molar-refractivity contribution in [3.63, 3.8) is 0 Å². The molecule has 0 spiro atoms. The summed E-state index contributed by atoms with van der Waals surface area (Å²) in [6.07, 6.45) is 4.21. The SMILES string of the molecule is CCCCN(C)C(=NCc1cccc2cccnc12)NCC. The fourth-order valence-corrected chi connectivity index (χ4v) is 2.43. The van der Waals surface area contributed by atoms with Gasteiger partial charge in [0.15, 0.2) is 5.96 Å². The first-order valence-electron chi connectivity index (χ1n) is 8.08. The minimum absolute atomic E-state index is 0.646. The van der Waals surface area contributed by atoms with E-state index in [1.807, 2.05) is 12.3 Å². The van der Waals surface area contributed by atoms with Crippen LogP contribution in [0.5, 0.6) is 0 Å². The quantitative estimate of drug-likeness (QED) is 0.656. The Hall–Kier alpha value is -2.10. The van der Waals surface area contributed by atoms with Gasteiger partial charge in [0.1, 0.15) is 0 Å². The van der Waals surface area contributed by atoms with Crippen molar-refractivity contribution in [3.8, 4) is 0 Å². The molecule has 0 saturated carbocycles. The number of aliphatic imine (C=N–C) groups is 1. The molecule has 0 fully saturated rings. The van der Waals surface area contributed by atoms with Gasteiger partial charge < -0.3 is 10.2 Å². The Kier molecular flexibility index (Phi) is 6.19.